The summed E-state index contributed by atoms with van der Waals surface area (Å²) in [5.74, 6) is 1.49. The highest BCUT2D eigenvalue weighted by Gasteiger charge is 2.35. The highest BCUT2D eigenvalue weighted by atomic mass is 16.5. The molecule has 2 atom stereocenters. The van der Waals surface area contributed by atoms with E-state index in [9.17, 15) is 5.11 Å². The number of fused-ring (bicyclic) bond motifs is 5. The lowest BCUT2D eigenvalue weighted by molar-refractivity contribution is 0.0300. The van der Waals surface area contributed by atoms with Crippen LogP contribution in [0, 0.1) is 5.92 Å². The maximum Gasteiger partial charge on any atom is 0.148 e. The van der Waals surface area contributed by atoms with Gasteiger partial charge < -0.3 is 14.7 Å². The van der Waals surface area contributed by atoms with Gasteiger partial charge in [-0.3, -0.25) is 10.4 Å². The molecule has 4 heterocycles. The van der Waals surface area contributed by atoms with E-state index in [1.54, 1.807) is 0 Å². The average Bonchev–Trinajstić information content (AvgIpc) is 3.38. The summed E-state index contributed by atoms with van der Waals surface area (Å²) in [5.41, 5.74) is 4.33. The van der Waals surface area contributed by atoms with Gasteiger partial charge in [0.05, 0.1) is 11.2 Å². The molecule has 4 aliphatic rings. The van der Waals surface area contributed by atoms with Gasteiger partial charge in [0, 0.05) is 30.8 Å². The molecule has 3 N–H and O–H groups in total. The first-order chi connectivity index (χ1) is 14.7. The van der Waals surface area contributed by atoms with Crippen LogP contribution in [0.5, 0.6) is 5.75 Å². The Hall–Kier alpha value is -2.41. The number of nitrogens with zero attached hydrogens (tertiary/aromatic N) is 2. The van der Waals surface area contributed by atoms with Crippen molar-refractivity contribution in [3.8, 4) is 5.75 Å². The number of ether oxygens (including phenoxy) is 1. The van der Waals surface area contributed by atoms with Crippen LogP contribution in [-0.2, 0) is 12.8 Å². The Morgan fingerprint density at radius 2 is 1.87 bits per heavy atom. The lowest BCUT2D eigenvalue weighted by Gasteiger charge is -2.45. The number of hydrogen-bond donors (Lipinski definition) is 3. The van der Waals surface area contributed by atoms with E-state index in [4.69, 9.17) is 4.74 Å². The number of hydrogen-bond acceptors (Lipinski definition) is 5. The zero-order valence-corrected chi connectivity index (χ0v) is 17.1. The molecule has 1 aromatic heterocycles. The van der Waals surface area contributed by atoms with E-state index in [0.717, 1.165) is 41.7 Å². The zero-order valence-electron chi connectivity index (χ0n) is 17.1. The average molecular weight is 405 g/mol. The van der Waals surface area contributed by atoms with Crippen molar-refractivity contribution in [2.45, 2.75) is 44.1 Å². The van der Waals surface area contributed by atoms with E-state index >= 15 is 0 Å². The number of H-pyrrole nitrogens is 1. The number of aromatic nitrogens is 2. The number of aromatic amines is 1. The van der Waals surface area contributed by atoms with Gasteiger partial charge >= 0.3 is 0 Å². The van der Waals surface area contributed by atoms with Crippen LogP contribution in [0.15, 0.2) is 42.5 Å². The van der Waals surface area contributed by atoms with Gasteiger partial charge in [0.15, 0.2) is 0 Å². The van der Waals surface area contributed by atoms with E-state index in [0.29, 0.717) is 12.0 Å². The van der Waals surface area contributed by atoms with Crippen LogP contribution < -0.4 is 10.1 Å². The minimum atomic E-state index is -0.758. The lowest BCUT2D eigenvalue weighted by atomic mass is 9.84. The quantitative estimate of drug-likeness (QED) is 0.571. The van der Waals surface area contributed by atoms with Gasteiger partial charge in [0.1, 0.15) is 18.1 Å². The Balaban J connectivity index is 1.19. The zero-order chi connectivity index (χ0) is 20.1. The summed E-state index contributed by atoms with van der Waals surface area (Å²) in [6.07, 6.45) is 3.72. The summed E-state index contributed by atoms with van der Waals surface area (Å²) in [4.78, 5) is 2.49. The molecule has 3 aromatic rings. The number of benzene rings is 2. The highest BCUT2D eigenvalue weighted by molar-refractivity contribution is 5.83. The van der Waals surface area contributed by atoms with Gasteiger partial charge in [-0.05, 0) is 61.2 Å². The van der Waals surface area contributed by atoms with Crippen LogP contribution in [0.4, 0.5) is 0 Å². The first-order valence-corrected chi connectivity index (χ1v) is 11.1. The molecule has 2 bridgehead atoms. The largest absolute Gasteiger partial charge is 0.490 e. The maximum atomic E-state index is 10.9. The summed E-state index contributed by atoms with van der Waals surface area (Å²) in [6, 6.07) is 14.8. The predicted octanol–water partition coefficient (Wildman–Crippen LogP) is 2.78. The Kier molecular flexibility index (Phi) is 4.52. The van der Waals surface area contributed by atoms with Crippen LogP contribution in [0.2, 0.25) is 0 Å². The van der Waals surface area contributed by atoms with Crippen LogP contribution in [-0.4, -0.2) is 52.0 Å². The van der Waals surface area contributed by atoms with Crippen molar-refractivity contribution < 1.29 is 9.84 Å². The summed E-state index contributed by atoms with van der Waals surface area (Å²) in [5, 5.41) is 22.8. The van der Waals surface area contributed by atoms with Crippen molar-refractivity contribution in [1.29, 1.82) is 0 Å². The van der Waals surface area contributed by atoms with Crippen molar-refractivity contribution in [2.24, 2.45) is 5.92 Å². The summed E-state index contributed by atoms with van der Waals surface area (Å²) in [6.45, 7) is 3.40. The third-order valence-electron chi connectivity index (χ3n) is 7.17. The molecule has 3 fully saturated rings. The minimum Gasteiger partial charge on any atom is -0.490 e. The fourth-order valence-corrected chi connectivity index (χ4v) is 5.53. The molecule has 1 aliphatic carbocycles. The van der Waals surface area contributed by atoms with Gasteiger partial charge in [-0.15, -0.1) is 0 Å². The molecule has 6 nitrogen and oxygen atoms in total. The number of nitrogens with one attached hydrogen (secondary N) is 2. The molecule has 1 unspecified atom stereocenters. The summed E-state index contributed by atoms with van der Waals surface area (Å²) in [7, 11) is 0. The third kappa shape index (κ3) is 3.29. The third-order valence-corrected chi connectivity index (χ3v) is 7.17. The van der Waals surface area contributed by atoms with E-state index in [-0.39, 0.29) is 6.10 Å². The molecule has 3 saturated heterocycles. The Morgan fingerprint density at radius 1 is 1.10 bits per heavy atom. The smallest absolute Gasteiger partial charge is 0.148 e. The van der Waals surface area contributed by atoms with Crippen molar-refractivity contribution in [2.75, 3.05) is 19.6 Å². The number of aliphatic hydroxyl groups is 1. The van der Waals surface area contributed by atoms with Crippen LogP contribution in [0.3, 0.4) is 0 Å². The fourth-order valence-electron chi connectivity index (χ4n) is 5.53. The Morgan fingerprint density at radius 3 is 2.57 bits per heavy atom. The predicted molar refractivity (Wildman–Crippen MR) is 115 cm³/mol. The second-order valence-corrected chi connectivity index (χ2v) is 9.05. The summed E-state index contributed by atoms with van der Waals surface area (Å²) >= 11 is 0. The fraction of sp³-hybridized carbons (Fsp3) is 0.458. The van der Waals surface area contributed by atoms with Crippen molar-refractivity contribution in [3.05, 3.63) is 59.3 Å². The standard InChI is InChI=1S/C24H28N4O2/c29-24(25-22-14-28-9-7-15(22)8-10-28)23-20-13-18(5-6-21(20)26-27-23)30-19-11-16-3-1-2-4-17(16)12-19/h1-6,13,15,19,22,24-25,29H,7-12,14H2,(H,26,27)/t22-,24?/m1/s1. The first kappa shape index (κ1) is 18.4. The topological polar surface area (TPSA) is 73.4 Å². The molecule has 0 spiro atoms. The molecular weight excluding hydrogens is 376 g/mol. The second-order valence-electron chi connectivity index (χ2n) is 9.05. The van der Waals surface area contributed by atoms with Crippen LogP contribution in [0.25, 0.3) is 10.9 Å². The Bertz CT molecular complexity index is 1030. The van der Waals surface area contributed by atoms with Gasteiger partial charge in [-0.1, -0.05) is 24.3 Å². The van der Waals surface area contributed by atoms with Crippen LogP contribution >= 0.6 is 0 Å². The number of piperidine rings is 3. The van der Waals surface area contributed by atoms with Crippen molar-refractivity contribution in [1.82, 2.24) is 20.4 Å². The Labute approximate surface area is 176 Å². The number of rotatable bonds is 5. The highest BCUT2D eigenvalue weighted by Crippen LogP contribution is 2.32. The van der Waals surface area contributed by atoms with E-state index in [2.05, 4.69) is 44.7 Å². The molecule has 0 amide bonds. The molecule has 7 rings (SSSR count). The van der Waals surface area contributed by atoms with E-state index in [1.165, 1.54) is 37.1 Å². The van der Waals surface area contributed by atoms with Gasteiger partial charge in [-0.25, -0.2) is 0 Å². The molecule has 156 valence electrons. The minimum absolute atomic E-state index is 0.157. The molecule has 3 aliphatic heterocycles. The van der Waals surface area contributed by atoms with Crippen molar-refractivity contribution >= 4 is 10.9 Å². The maximum absolute atomic E-state index is 10.9. The van der Waals surface area contributed by atoms with Gasteiger partial charge in [0.25, 0.3) is 0 Å². The van der Waals surface area contributed by atoms with Crippen molar-refractivity contribution in [3.63, 3.8) is 0 Å². The monoisotopic (exact) mass is 404 g/mol. The molecule has 6 heteroatoms. The molecule has 0 radical (unpaired) electrons. The van der Waals surface area contributed by atoms with E-state index in [1.807, 2.05) is 18.2 Å². The summed E-state index contributed by atoms with van der Waals surface area (Å²) < 4.78 is 6.31. The molecule has 2 aromatic carbocycles. The normalized spacial score (nSPS) is 26.8. The molecule has 0 saturated carbocycles. The first-order valence-electron chi connectivity index (χ1n) is 11.1. The molecular formula is C24H28N4O2. The molecule has 30 heavy (non-hydrogen) atoms. The SMILES string of the molecule is OC(N[C@@H]1CN2CCC1CC2)c1[nH]nc2ccc(OC3Cc4ccccc4C3)cc12. The van der Waals surface area contributed by atoms with E-state index < -0.39 is 6.23 Å². The second kappa shape index (κ2) is 7.38. The number of aliphatic hydroxyl groups excluding tert-OH is 1. The van der Waals surface area contributed by atoms with Crippen LogP contribution in [0.1, 0.15) is 35.9 Å². The van der Waals surface area contributed by atoms with Gasteiger partial charge in [0.2, 0.25) is 0 Å². The van der Waals surface area contributed by atoms with Gasteiger partial charge in [-0.2, -0.15) is 5.10 Å². The lowest BCUT2D eigenvalue weighted by Crippen LogP contribution is -2.56.